The molecule has 1 fully saturated rings. The molecule has 160 valence electrons. The molecule has 0 bridgehead atoms. The van der Waals surface area contributed by atoms with Gasteiger partial charge < -0.3 is 25.2 Å². The van der Waals surface area contributed by atoms with Gasteiger partial charge >= 0.3 is 6.09 Å². The molecule has 2 rings (SSSR count). The van der Waals surface area contributed by atoms with Crippen LogP contribution < -0.4 is 10.6 Å². The number of piperazine rings is 1. The number of ether oxygens (including phenoxy) is 1. The molecule has 1 aliphatic rings. The van der Waals surface area contributed by atoms with Gasteiger partial charge in [0.2, 0.25) is 5.91 Å². The fourth-order valence-electron chi connectivity index (χ4n) is 3.21. The number of carbonyl (C=O) groups excluding carboxylic acids is 2. The first-order valence-corrected chi connectivity index (χ1v) is 10.4. The molecule has 1 atom stereocenters. The average Bonchev–Trinajstić information content (AvgIpc) is 2.74. The fourth-order valence-corrected chi connectivity index (χ4v) is 3.21. The van der Waals surface area contributed by atoms with Gasteiger partial charge in [-0.1, -0.05) is 36.4 Å². The highest BCUT2D eigenvalue weighted by Crippen LogP contribution is 2.09. The Morgan fingerprint density at radius 3 is 2.59 bits per heavy atom. The molecule has 29 heavy (non-hydrogen) atoms. The van der Waals surface area contributed by atoms with Crippen molar-refractivity contribution in [3.8, 4) is 0 Å². The lowest BCUT2D eigenvalue weighted by atomic mass is 10.1. The number of alkyl carbamates (subject to hydrolysis) is 1. The SMILES string of the molecule is C=CCNCCCC[C@H](NC(=O)OCc1ccccc1)C(=O)N1CCN(C)CC1. The van der Waals surface area contributed by atoms with Crippen molar-refractivity contribution in [2.24, 2.45) is 0 Å². The van der Waals surface area contributed by atoms with Crippen molar-refractivity contribution in [1.82, 2.24) is 20.4 Å². The lowest BCUT2D eigenvalue weighted by molar-refractivity contribution is -0.135. The molecule has 1 aromatic rings. The summed E-state index contributed by atoms with van der Waals surface area (Å²) in [6.45, 7) is 8.58. The van der Waals surface area contributed by atoms with Crippen molar-refractivity contribution in [2.45, 2.75) is 31.9 Å². The molecule has 0 radical (unpaired) electrons. The number of benzene rings is 1. The van der Waals surface area contributed by atoms with E-state index in [-0.39, 0.29) is 12.5 Å². The third-order valence-electron chi connectivity index (χ3n) is 5.00. The minimum absolute atomic E-state index is 0.0196. The summed E-state index contributed by atoms with van der Waals surface area (Å²) in [5.41, 5.74) is 0.915. The van der Waals surface area contributed by atoms with Crippen LogP contribution >= 0.6 is 0 Å². The number of likely N-dealkylation sites (N-methyl/N-ethyl adjacent to an activating group) is 1. The molecule has 0 aromatic heterocycles. The van der Waals surface area contributed by atoms with Crippen LogP contribution in [0.25, 0.3) is 0 Å². The summed E-state index contributed by atoms with van der Waals surface area (Å²) in [7, 11) is 2.05. The van der Waals surface area contributed by atoms with Crippen LogP contribution in [0.4, 0.5) is 4.79 Å². The Morgan fingerprint density at radius 1 is 1.17 bits per heavy atom. The normalized spacial score (nSPS) is 15.6. The van der Waals surface area contributed by atoms with Crippen LogP contribution in [-0.4, -0.2) is 74.2 Å². The van der Waals surface area contributed by atoms with E-state index in [0.717, 1.165) is 44.6 Å². The molecule has 1 saturated heterocycles. The van der Waals surface area contributed by atoms with E-state index in [2.05, 4.69) is 29.2 Å². The maximum atomic E-state index is 13.0. The van der Waals surface area contributed by atoms with Gasteiger partial charge in [0.05, 0.1) is 0 Å². The highest BCUT2D eigenvalue weighted by molar-refractivity contribution is 5.85. The molecule has 0 saturated carbocycles. The minimum atomic E-state index is -0.555. The van der Waals surface area contributed by atoms with Gasteiger partial charge in [-0.3, -0.25) is 4.79 Å². The summed E-state index contributed by atoms with van der Waals surface area (Å²) in [5, 5.41) is 6.05. The third kappa shape index (κ3) is 8.66. The summed E-state index contributed by atoms with van der Waals surface area (Å²) >= 11 is 0. The summed E-state index contributed by atoms with van der Waals surface area (Å²) in [6.07, 6.45) is 3.64. The van der Waals surface area contributed by atoms with Gasteiger partial charge in [-0.15, -0.1) is 6.58 Å². The zero-order valence-electron chi connectivity index (χ0n) is 17.4. The van der Waals surface area contributed by atoms with E-state index in [1.54, 1.807) is 0 Å². The van der Waals surface area contributed by atoms with E-state index in [1.807, 2.05) is 41.3 Å². The van der Waals surface area contributed by atoms with Gasteiger partial charge in [0.1, 0.15) is 12.6 Å². The zero-order chi connectivity index (χ0) is 20.9. The number of carbonyl (C=O) groups is 2. The van der Waals surface area contributed by atoms with Crippen LogP contribution in [0.15, 0.2) is 43.0 Å². The summed E-state index contributed by atoms with van der Waals surface area (Å²) in [4.78, 5) is 29.3. The predicted octanol–water partition coefficient (Wildman–Crippen LogP) is 2.00. The standard InChI is InChI=1S/C22H34N4O3/c1-3-12-23-13-8-7-11-20(21(27)26-16-14-25(2)15-17-26)24-22(28)29-18-19-9-5-4-6-10-19/h3-6,9-10,20,23H,1,7-8,11-18H2,2H3,(H,24,28)/t20-/m0/s1. The third-order valence-corrected chi connectivity index (χ3v) is 5.00. The molecule has 1 aliphatic heterocycles. The van der Waals surface area contributed by atoms with Crippen LogP contribution in [0.5, 0.6) is 0 Å². The molecular formula is C22H34N4O3. The quantitative estimate of drug-likeness (QED) is 0.438. The first kappa shape index (κ1) is 22.9. The highest BCUT2D eigenvalue weighted by Gasteiger charge is 2.28. The molecule has 2 N–H and O–H groups in total. The Hall–Kier alpha value is -2.38. The second-order valence-corrected chi connectivity index (χ2v) is 7.38. The number of unbranched alkanes of at least 4 members (excludes halogenated alkanes) is 1. The van der Waals surface area contributed by atoms with Gasteiger partial charge in [-0.05, 0) is 38.4 Å². The van der Waals surface area contributed by atoms with Gasteiger partial charge in [-0.2, -0.15) is 0 Å². The van der Waals surface area contributed by atoms with Gasteiger partial charge in [0.15, 0.2) is 0 Å². The Morgan fingerprint density at radius 2 is 1.90 bits per heavy atom. The Bertz CT molecular complexity index is 630. The van der Waals surface area contributed by atoms with Crippen LogP contribution in [0, 0.1) is 0 Å². The average molecular weight is 403 g/mol. The molecule has 2 amide bonds. The largest absolute Gasteiger partial charge is 0.445 e. The second kappa shape index (κ2) is 13.0. The van der Waals surface area contributed by atoms with E-state index in [4.69, 9.17) is 4.74 Å². The Balaban J connectivity index is 1.85. The van der Waals surface area contributed by atoms with Crippen molar-refractivity contribution in [3.05, 3.63) is 48.6 Å². The maximum Gasteiger partial charge on any atom is 0.408 e. The molecular weight excluding hydrogens is 368 g/mol. The zero-order valence-corrected chi connectivity index (χ0v) is 17.4. The lowest BCUT2D eigenvalue weighted by Crippen LogP contribution is -2.54. The van der Waals surface area contributed by atoms with Crippen molar-refractivity contribution in [2.75, 3.05) is 46.3 Å². The van der Waals surface area contributed by atoms with Crippen molar-refractivity contribution >= 4 is 12.0 Å². The summed E-state index contributed by atoms with van der Waals surface area (Å²) in [5.74, 6) is -0.0196. The summed E-state index contributed by atoms with van der Waals surface area (Å²) < 4.78 is 5.32. The fraction of sp³-hybridized carbons (Fsp3) is 0.545. The number of amides is 2. The number of hydrogen-bond donors (Lipinski definition) is 2. The molecule has 1 heterocycles. The molecule has 0 unspecified atom stereocenters. The van der Waals surface area contributed by atoms with Crippen LogP contribution in [0.1, 0.15) is 24.8 Å². The van der Waals surface area contributed by atoms with Crippen LogP contribution in [0.3, 0.4) is 0 Å². The van der Waals surface area contributed by atoms with Crippen molar-refractivity contribution in [1.29, 1.82) is 0 Å². The topological polar surface area (TPSA) is 73.9 Å². The molecule has 1 aromatic carbocycles. The maximum absolute atomic E-state index is 13.0. The van der Waals surface area contributed by atoms with Crippen LogP contribution in [-0.2, 0) is 16.1 Å². The molecule has 7 nitrogen and oxygen atoms in total. The van der Waals surface area contributed by atoms with Crippen LogP contribution in [0.2, 0.25) is 0 Å². The smallest absolute Gasteiger partial charge is 0.408 e. The van der Waals surface area contributed by atoms with E-state index in [0.29, 0.717) is 19.5 Å². The molecule has 0 aliphatic carbocycles. The number of rotatable bonds is 11. The number of nitrogens with zero attached hydrogens (tertiary/aromatic N) is 2. The monoisotopic (exact) mass is 402 g/mol. The van der Waals surface area contributed by atoms with E-state index in [1.165, 1.54) is 0 Å². The lowest BCUT2D eigenvalue weighted by Gasteiger charge is -2.34. The number of nitrogens with one attached hydrogen (secondary N) is 2. The number of hydrogen-bond acceptors (Lipinski definition) is 5. The minimum Gasteiger partial charge on any atom is -0.445 e. The van der Waals surface area contributed by atoms with Gasteiger partial charge in [0.25, 0.3) is 0 Å². The second-order valence-electron chi connectivity index (χ2n) is 7.38. The van der Waals surface area contributed by atoms with Crippen molar-refractivity contribution in [3.63, 3.8) is 0 Å². The summed E-state index contributed by atoms with van der Waals surface area (Å²) in [6, 6.07) is 8.96. The highest BCUT2D eigenvalue weighted by atomic mass is 16.5. The Kier molecular flexibility index (Phi) is 10.2. The first-order valence-electron chi connectivity index (χ1n) is 10.4. The Labute approximate surface area is 174 Å². The van der Waals surface area contributed by atoms with E-state index < -0.39 is 12.1 Å². The molecule has 0 spiro atoms. The van der Waals surface area contributed by atoms with Gasteiger partial charge in [-0.25, -0.2) is 4.79 Å². The first-order chi connectivity index (χ1) is 14.1. The van der Waals surface area contributed by atoms with Crippen molar-refractivity contribution < 1.29 is 14.3 Å². The van der Waals surface area contributed by atoms with E-state index in [9.17, 15) is 9.59 Å². The predicted molar refractivity (Wildman–Crippen MR) is 115 cm³/mol. The molecule has 7 heteroatoms. The van der Waals surface area contributed by atoms with E-state index >= 15 is 0 Å². The van der Waals surface area contributed by atoms with Gasteiger partial charge in [0, 0.05) is 32.7 Å².